The molecule has 1 aromatic carbocycles. The number of hydrogen-bond donors (Lipinski definition) is 2. The molecule has 0 heterocycles. The summed E-state index contributed by atoms with van der Waals surface area (Å²) < 4.78 is 0. The van der Waals surface area contributed by atoms with E-state index in [9.17, 15) is 4.79 Å². The van der Waals surface area contributed by atoms with E-state index in [1.54, 1.807) is 7.05 Å². The number of amides is 1. The van der Waals surface area contributed by atoms with Gasteiger partial charge in [0.05, 0.1) is 0 Å². The fourth-order valence-electron chi connectivity index (χ4n) is 1.87. The minimum absolute atomic E-state index is 0.0634. The van der Waals surface area contributed by atoms with Crippen molar-refractivity contribution in [1.29, 1.82) is 0 Å². The lowest BCUT2D eigenvalue weighted by molar-refractivity contribution is -0.122. The van der Waals surface area contributed by atoms with Crippen LogP contribution in [-0.2, 0) is 11.2 Å². The Morgan fingerprint density at radius 1 is 1.24 bits per heavy atom. The fraction of sp³-hybridized carbons (Fsp3) is 0.500. The second kappa shape index (κ2) is 7.07. The van der Waals surface area contributed by atoms with Crippen molar-refractivity contribution >= 4 is 5.91 Å². The molecule has 3 nitrogen and oxygen atoms in total. The SMILES string of the molecule is CNNC(=O)CCCCc1cc(C)ccc1C. The first kappa shape index (κ1) is 13.7. The molecule has 3 heteroatoms. The Kier molecular flexibility index (Phi) is 5.70. The average Bonchev–Trinajstić information content (AvgIpc) is 2.29. The summed E-state index contributed by atoms with van der Waals surface area (Å²) in [6.45, 7) is 4.26. The molecule has 94 valence electrons. The first-order valence-electron chi connectivity index (χ1n) is 6.15. The minimum Gasteiger partial charge on any atom is -0.292 e. The summed E-state index contributed by atoms with van der Waals surface area (Å²) in [5, 5.41) is 0. The zero-order chi connectivity index (χ0) is 12.7. The van der Waals surface area contributed by atoms with Gasteiger partial charge in [-0.1, -0.05) is 23.8 Å². The number of aryl methyl sites for hydroxylation is 3. The molecule has 0 bridgehead atoms. The zero-order valence-electron chi connectivity index (χ0n) is 11.0. The number of nitrogens with one attached hydrogen (secondary N) is 2. The Morgan fingerprint density at radius 3 is 2.71 bits per heavy atom. The molecule has 2 N–H and O–H groups in total. The topological polar surface area (TPSA) is 41.1 Å². The number of hydrogen-bond acceptors (Lipinski definition) is 2. The Hall–Kier alpha value is -1.35. The average molecular weight is 234 g/mol. The van der Waals surface area contributed by atoms with Crippen molar-refractivity contribution in [2.24, 2.45) is 0 Å². The van der Waals surface area contributed by atoms with Crippen molar-refractivity contribution < 1.29 is 4.79 Å². The van der Waals surface area contributed by atoms with Crippen molar-refractivity contribution in [3.8, 4) is 0 Å². The molecule has 0 aliphatic heterocycles. The van der Waals surface area contributed by atoms with Gasteiger partial charge >= 0.3 is 0 Å². The highest BCUT2D eigenvalue weighted by Gasteiger charge is 2.01. The second-order valence-corrected chi connectivity index (χ2v) is 4.44. The summed E-state index contributed by atoms with van der Waals surface area (Å²) in [4.78, 5) is 11.2. The van der Waals surface area contributed by atoms with Crippen molar-refractivity contribution in [3.63, 3.8) is 0 Å². The van der Waals surface area contributed by atoms with Crippen LogP contribution >= 0.6 is 0 Å². The van der Waals surface area contributed by atoms with Crippen molar-refractivity contribution in [3.05, 3.63) is 34.9 Å². The van der Waals surface area contributed by atoms with Crippen LogP contribution in [0.15, 0.2) is 18.2 Å². The van der Waals surface area contributed by atoms with E-state index in [0.29, 0.717) is 6.42 Å². The number of rotatable bonds is 6. The number of hydrazine groups is 1. The van der Waals surface area contributed by atoms with Crippen LogP contribution < -0.4 is 10.9 Å². The third kappa shape index (κ3) is 5.00. The predicted octanol–water partition coefficient (Wildman–Crippen LogP) is 2.27. The molecule has 0 radical (unpaired) electrons. The summed E-state index contributed by atoms with van der Waals surface area (Å²) in [5.41, 5.74) is 9.27. The normalized spacial score (nSPS) is 10.3. The molecular weight excluding hydrogens is 212 g/mol. The molecule has 1 rings (SSSR count). The minimum atomic E-state index is 0.0634. The Morgan fingerprint density at radius 2 is 2.00 bits per heavy atom. The second-order valence-electron chi connectivity index (χ2n) is 4.44. The molecule has 0 fully saturated rings. The maximum atomic E-state index is 11.2. The molecule has 0 aromatic heterocycles. The molecule has 0 saturated carbocycles. The van der Waals surface area contributed by atoms with Crippen LogP contribution in [0.5, 0.6) is 0 Å². The molecule has 0 aliphatic rings. The Bertz CT molecular complexity index is 374. The first-order valence-corrected chi connectivity index (χ1v) is 6.15. The maximum absolute atomic E-state index is 11.2. The highest BCUT2D eigenvalue weighted by molar-refractivity contribution is 5.75. The summed E-state index contributed by atoms with van der Waals surface area (Å²) in [7, 11) is 1.70. The quantitative estimate of drug-likeness (QED) is 0.585. The van der Waals surface area contributed by atoms with Gasteiger partial charge in [0.15, 0.2) is 0 Å². The van der Waals surface area contributed by atoms with Crippen molar-refractivity contribution in [1.82, 2.24) is 10.9 Å². The van der Waals surface area contributed by atoms with Gasteiger partial charge in [-0.05, 0) is 44.2 Å². The van der Waals surface area contributed by atoms with Crippen LogP contribution in [0.1, 0.15) is 36.0 Å². The Labute approximate surface area is 104 Å². The van der Waals surface area contributed by atoms with E-state index in [1.807, 2.05) is 0 Å². The summed E-state index contributed by atoms with van der Waals surface area (Å²) in [6.07, 6.45) is 3.63. The van der Waals surface area contributed by atoms with Gasteiger partial charge in [0.1, 0.15) is 0 Å². The number of carbonyl (C=O) groups is 1. The van der Waals surface area contributed by atoms with E-state index in [1.165, 1.54) is 16.7 Å². The lowest BCUT2D eigenvalue weighted by Crippen LogP contribution is -2.33. The van der Waals surface area contributed by atoms with Gasteiger partial charge in [0, 0.05) is 13.5 Å². The van der Waals surface area contributed by atoms with E-state index in [2.05, 4.69) is 42.9 Å². The Balaban J connectivity index is 2.31. The molecule has 1 aromatic rings. The molecule has 0 spiro atoms. The van der Waals surface area contributed by atoms with Crippen LogP contribution in [-0.4, -0.2) is 13.0 Å². The highest BCUT2D eigenvalue weighted by Crippen LogP contribution is 2.14. The number of unbranched alkanes of at least 4 members (excludes halogenated alkanes) is 1. The van der Waals surface area contributed by atoms with Gasteiger partial charge in [-0.25, -0.2) is 5.43 Å². The first-order chi connectivity index (χ1) is 8.13. The van der Waals surface area contributed by atoms with Crippen LogP contribution in [0.4, 0.5) is 0 Å². The summed E-state index contributed by atoms with van der Waals surface area (Å²) >= 11 is 0. The van der Waals surface area contributed by atoms with E-state index in [0.717, 1.165) is 19.3 Å². The highest BCUT2D eigenvalue weighted by atomic mass is 16.2. The molecule has 0 saturated heterocycles. The summed E-state index contributed by atoms with van der Waals surface area (Å²) in [6, 6.07) is 6.54. The molecule has 17 heavy (non-hydrogen) atoms. The van der Waals surface area contributed by atoms with Crippen molar-refractivity contribution in [2.45, 2.75) is 39.5 Å². The van der Waals surface area contributed by atoms with Crippen LogP contribution in [0.3, 0.4) is 0 Å². The van der Waals surface area contributed by atoms with Crippen LogP contribution in [0.2, 0.25) is 0 Å². The van der Waals surface area contributed by atoms with Crippen LogP contribution in [0.25, 0.3) is 0 Å². The van der Waals surface area contributed by atoms with E-state index >= 15 is 0 Å². The molecule has 0 atom stereocenters. The molecule has 1 amide bonds. The zero-order valence-corrected chi connectivity index (χ0v) is 11.0. The van der Waals surface area contributed by atoms with Gasteiger partial charge < -0.3 is 0 Å². The lowest BCUT2D eigenvalue weighted by atomic mass is 10.00. The standard InChI is InChI=1S/C14H22N2O/c1-11-8-9-12(2)13(10-11)6-4-5-7-14(17)16-15-3/h8-10,15H,4-7H2,1-3H3,(H,16,17). The molecule has 0 aliphatic carbocycles. The van der Waals surface area contributed by atoms with Gasteiger partial charge in [-0.3, -0.25) is 10.2 Å². The monoisotopic (exact) mass is 234 g/mol. The smallest absolute Gasteiger partial charge is 0.234 e. The predicted molar refractivity (Wildman–Crippen MR) is 70.7 cm³/mol. The maximum Gasteiger partial charge on any atom is 0.234 e. The van der Waals surface area contributed by atoms with Gasteiger partial charge in [-0.15, -0.1) is 0 Å². The lowest BCUT2D eigenvalue weighted by Gasteiger charge is -2.07. The van der Waals surface area contributed by atoms with E-state index in [4.69, 9.17) is 0 Å². The van der Waals surface area contributed by atoms with Gasteiger partial charge in [-0.2, -0.15) is 0 Å². The molecular formula is C14H22N2O. The van der Waals surface area contributed by atoms with Crippen molar-refractivity contribution in [2.75, 3.05) is 7.05 Å². The third-order valence-electron chi connectivity index (χ3n) is 2.87. The fourth-order valence-corrected chi connectivity index (χ4v) is 1.87. The summed E-state index contributed by atoms with van der Waals surface area (Å²) in [5.74, 6) is 0.0634. The third-order valence-corrected chi connectivity index (χ3v) is 2.87. The number of benzene rings is 1. The number of carbonyl (C=O) groups excluding carboxylic acids is 1. The molecule has 0 unspecified atom stereocenters. The largest absolute Gasteiger partial charge is 0.292 e. The van der Waals surface area contributed by atoms with Crippen LogP contribution in [0, 0.1) is 13.8 Å². The van der Waals surface area contributed by atoms with Gasteiger partial charge in [0.25, 0.3) is 0 Å². The van der Waals surface area contributed by atoms with E-state index < -0.39 is 0 Å². The van der Waals surface area contributed by atoms with E-state index in [-0.39, 0.29) is 5.91 Å². The van der Waals surface area contributed by atoms with Gasteiger partial charge in [0.2, 0.25) is 5.91 Å².